The average Bonchev–Trinajstić information content (AvgIpc) is 2.47. The zero-order valence-corrected chi connectivity index (χ0v) is 14.4. The first-order chi connectivity index (χ1) is 10.1. The van der Waals surface area contributed by atoms with Gasteiger partial charge >= 0.3 is 0 Å². The van der Waals surface area contributed by atoms with Gasteiger partial charge < -0.3 is 11.1 Å². The number of benzene rings is 1. The zero-order chi connectivity index (χ0) is 15.3. The van der Waals surface area contributed by atoms with Gasteiger partial charge in [-0.1, -0.05) is 38.3 Å². The van der Waals surface area contributed by atoms with Crippen LogP contribution in [0.15, 0.2) is 34.9 Å². The fourth-order valence-corrected chi connectivity index (χ4v) is 2.89. The van der Waals surface area contributed by atoms with Gasteiger partial charge in [-0.15, -0.1) is 0 Å². The Morgan fingerprint density at radius 1 is 1.33 bits per heavy atom. The molecule has 2 aromatic rings. The molecular formula is C17H24BrN3. The molecule has 0 radical (unpaired) electrons. The summed E-state index contributed by atoms with van der Waals surface area (Å²) in [5.41, 5.74) is 7.99. The second-order valence-corrected chi connectivity index (χ2v) is 6.79. The third kappa shape index (κ3) is 4.17. The smallest absolute Gasteiger partial charge is 0.0934 e. The van der Waals surface area contributed by atoms with Gasteiger partial charge in [0, 0.05) is 28.1 Å². The van der Waals surface area contributed by atoms with Gasteiger partial charge in [0.2, 0.25) is 0 Å². The van der Waals surface area contributed by atoms with Crippen molar-refractivity contribution in [2.75, 3.05) is 11.9 Å². The minimum atomic E-state index is -0.0851. The number of rotatable bonds is 7. The van der Waals surface area contributed by atoms with E-state index in [-0.39, 0.29) is 5.54 Å². The number of aromatic nitrogens is 1. The molecule has 1 atom stereocenters. The van der Waals surface area contributed by atoms with E-state index < -0.39 is 0 Å². The molecule has 1 unspecified atom stereocenters. The van der Waals surface area contributed by atoms with Gasteiger partial charge in [0.05, 0.1) is 11.2 Å². The first-order valence-corrected chi connectivity index (χ1v) is 8.40. The summed E-state index contributed by atoms with van der Waals surface area (Å²) < 4.78 is 0.997. The molecule has 3 nitrogen and oxygen atoms in total. The molecule has 114 valence electrons. The normalized spacial score (nSPS) is 14.1. The summed E-state index contributed by atoms with van der Waals surface area (Å²) in [5, 5.41) is 4.75. The highest BCUT2D eigenvalue weighted by Crippen LogP contribution is 2.27. The molecule has 0 amide bonds. The van der Waals surface area contributed by atoms with E-state index in [2.05, 4.69) is 64.3 Å². The van der Waals surface area contributed by atoms with Crippen LogP contribution in [0.3, 0.4) is 0 Å². The Kier molecular flexibility index (Phi) is 5.59. The summed E-state index contributed by atoms with van der Waals surface area (Å²) in [6.45, 7) is 5.03. The molecule has 0 aliphatic rings. The Hall–Kier alpha value is -1.13. The van der Waals surface area contributed by atoms with Crippen LogP contribution in [0.2, 0.25) is 0 Å². The maximum Gasteiger partial charge on any atom is 0.0934 e. The van der Waals surface area contributed by atoms with E-state index in [1.54, 1.807) is 0 Å². The summed E-state index contributed by atoms with van der Waals surface area (Å²) in [4.78, 5) is 4.55. The standard InChI is InChI=1S/C17H24BrN3/c1-3-4-5-9-17(2,12-19)21-15-8-6-7-13-10-14(18)11-20-16(13)15/h6-8,10-11,21H,3-5,9,12,19H2,1-2H3. The van der Waals surface area contributed by atoms with Gasteiger partial charge in [-0.05, 0) is 41.4 Å². The number of hydrogen-bond acceptors (Lipinski definition) is 3. The van der Waals surface area contributed by atoms with Crippen molar-refractivity contribution < 1.29 is 0 Å². The van der Waals surface area contributed by atoms with E-state index in [4.69, 9.17) is 5.73 Å². The third-order valence-corrected chi connectivity index (χ3v) is 4.33. The maximum atomic E-state index is 6.01. The molecule has 1 heterocycles. The second kappa shape index (κ2) is 7.23. The summed E-state index contributed by atoms with van der Waals surface area (Å²) in [6, 6.07) is 8.30. The monoisotopic (exact) mass is 349 g/mol. The number of pyridine rings is 1. The van der Waals surface area contributed by atoms with Gasteiger partial charge in [0.25, 0.3) is 0 Å². The van der Waals surface area contributed by atoms with Gasteiger partial charge in [-0.25, -0.2) is 0 Å². The highest BCUT2D eigenvalue weighted by Gasteiger charge is 2.22. The Morgan fingerprint density at radius 3 is 2.86 bits per heavy atom. The molecule has 0 saturated heterocycles. The molecule has 4 heteroatoms. The molecule has 1 aromatic carbocycles. The Bertz CT molecular complexity index is 600. The molecule has 0 fully saturated rings. The van der Waals surface area contributed by atoms with Crippen LogP contribution in [0.4, 0.5) is 5.69 Å². The SMILES string of the molecule is CCCCCC(C)(CN)Nc1cccc2cc(Br)cnc12. The van der Waals surface area contributed by atoms with Gasteiger partial charge in [-0.3, -0.25) is 4.98 Å². The van der Waals surface area contributed by atoms with Crippen LogP contribution in [0, 0.1) is 0 Å². The number of anilines is 1. The van der Waals surface area contributed by atoms with E-state index in [9.17, 15) is 0 Å². The van der Waals surface area contributed by atoms with Crippen LogP contribution in [0.25, 0.3) is 10.9 Å². The van der Waals surface area contributed by atoms with Crippen molar-refractivity contribution in [1.29, 1.82) is 0 Å². The molecule has 0 aliphatic carbocycles. The Labute approximate surface area is 135 Å². The lowest BCUT2D eigenvalue weighted by atomic mass is 9.93. The molecular weight excluding hydrogens is 326 g/mol. The van der Waals surface area contributed by atoms with E-state index in [0.717, 1.165) is 27.5 Å². The molecule has 1 aromatic heterocycles. The summed E-state index contributed by atoms with van der Waals surface area (Å²) >= 11 is 3.47. The van der Waals surface area contributed by atoms with Gasteiger partial charge in [0.15, 0.2) is 0 Å². The van der Waals surface area contributed by atoms with E-state index in [1.807, 2.05) is 6.20 Å². The number of halogens is 1. The molecule has 0 spiro atoms. The summed E-state index contributed by atoms with van der Waals surface area (Å²) in [7, 11) is 0. The van der Waals surface area contributed by atoms with Crippen LogP contribution >= 0.6 is 15.9 Å². The van der Waals surface area contributed by atoms with Crippen molar-refractivity contribution in [3.8, 4) is 0 Å². The van der Waals surface area contributed by atoms with Crippen molar-refractivity contribution >= 4 is 32.5 Å². The second-order valence-electron chi connectivity index (χ2n) is 5.88. The highest BCUT2D eigenvalue weighted by atomic mass is 79.9. The van der Waals surface area contributed by atoms with Crippen LogP contribution in [0.1, 0.15) is 39.5 Å². The quantitative estimate of drug-likeness (QED) is 0.711. The van der Waals surface area contributed by atoms with Crippen molar-refractivity contribution in [1.82, 2.24) is 4.98 Å². The van der Waals surface area contributed by atoms with Crippen LogP contribution < -0.4 is 11.1 Å². The van der Waals surface area contributed by atoms with Crippen molar-refractivity contribution in [2.24, 2.45) is 5.73 Å². The Morgan fingerprint density at radius 2 is 2.14 bits per heavy atom. The minimum Gasteiger partial charge on any atom is -0.377 e. The lowest BCUT2D eigenvalue weighted by molar-refractivity contribution is 0.455. The number of nitrogens with two attached hydrogens (primary N) is 1. The molecule has 0 aliphatic heterocycles. The number of nitrogens with one attached hydrogen (secondary N) is 1. The highest BCUT2D eigenvalue weighted by molar-refractivity contribution is 9.10. The van der Waals surface area contributed by atoms with E-state index in [0.29, 0.717) is 6.54 Å². The lowest BCUT2D eigenvalue weighted by Crippen LogP contribution is -2.42. The molecule has 0 bridgehead atoms. The van der Waals surface area contributed by atoms with Gasteiger partial charge in [0.1, 0.15) is 0 Å². The number of unbranched alkanes of at least 4 members (excludes halogenated alkanes) is 2. The van der Waals surface area contributed by atoms with Crippen LogP contribution in [0.5, 0.6) is 0 Å². The first-order valence-electron chi connectivity index (χ1n) is 7.60. The van der Waals surface area contributed by atoms with Gasteiger partial charge in [-0.2, -0.15) is 0 Å². The third-order valence-electron chi connectivity index (χ3n) is 3.90. The van der Waals surface area contributed by atoms with Crippen LogP contribution in [-0.2, 0) is 0 Å². The number of fused-ring (bicyclic) bond motifs is 1. The first kappa shape index (κ1) is 16.2. The van der Waals surface area contributed by atoms with Crippen molar-refractivity contribution in [2.45, 2.75) is 45.1 Å². The summed E-state index contributed by atoms with van der Waals surface area (Å²) in [5.74, 6) is 0. The number of nitrogens with zero attached hydrogens (tertiary/aromatic N) is 1. The van der Waals surface area contributed by atoms with E-state index >= 15 is 0 Å². The predicted molar refractivity (Wildman–Crippen MR) is 94.7 cm³/mol. The zero-order valence-electron chi connectivity index (χ0n) is 12.8. The average molecular weight is 350 g/mol. The number of hydrogen-bond donors (Lipinski definition) is 2. The van der Waals surface area contributed by atoms with Crippen molar-refractivity contribution in [3.05, 3.63) is 34.9 Å². The fraction of sp³-hybridized carbons (Fsp3) is 0.471. The summed E-state index contributed by atoms with van der Waals surface area (Å²) in [6.07, 6.45) is 6.58. The lowest BCUT2D eigenvalue weighted by Gasteiger charge is -2.31. The molecule has 0 saturated carbocycles. The van der Waals surface area contributed by atoms with Crippen molar-refractivity contribution in [3.63, 3.8) is 0 Å². The maximum absolute atomic E-state index is 6.01. The van der Waals surface area contributed by atoms with Crippen LogP contribution in [-0.4, -0.2) is 17.1 Å². The fourth-order valence-electron chi connectivity index (χ4n) is 2.54. The minimum absolute atomic E-state index is 0.0851. The van der Waals surface area contributed by atoms with E-state index in [1.165, 1.54) is 19.3 Å². The molecule has 2 rings (SSSR count). The predicted octanol–water partition coefficient (Wildman–Crippen LogP) is 4.71. The largest absolute Gasteiger partial charge is 0.377 e. The Balaban J connectivity index is 2.24. The molecule has 3 N–H and O–H groups in total. The molecule has 21 heavy (non-hydrogen) atoms. The number of para-hydroxylation sites is 1. The topological polar surface area (TPSA) is 50.9 Å².